The summed E-state index contributed by atoms with van der Waals surface area (Å²) in [4.78, 5) is 11.4. The van der Waals surface area contributed by atoms with Crippen LogP contribution in [0.2, 0.25) is 10.0 Å². The average Bonchev–Trinajstić information content (AvgIpc) is 2.87. The van der Waals surface area contributed by atoms with Crippen molar-refractivity contribution in [2.45, 2.75) is 6.54 Å². The molecule has 1 N–H and O–H groups in total. The Labute approximate surface area is 120 Å². The number of benzene rings is 1. The predicted molar refractivity (Wildman–Crippen MR) is 73.8 cm³/mol. The zero-order chi connectivity index (χ0) is 13.8. The summed E-state index contributed by atoms with van der Waals surface area (Å²) in [6, 6.07) is 6.91. The lowest BCUT2D eigenvalue weighted by atomic mass is 10.2. The second-order valence-corrected chi connectivity index (χ2v) is 4.56. The number of hydrogen-bond donors (Lipinski definition) is 1. The van der Waals surface area contributed by atoms with Gasteiger partial charge in [-0.1, -0.05) is 23.2 Å². The Kier molecular flexibility index (Phi) is 4.35. The van der Waals surface area contributed by atoms with E-state index in [1.807, 2.05) is 0 Å². The molecule has 1 heterocycles. The van der Waals surface area contributed by atoms with Crippen LogP contribution in [0.3, 0.4) is 0 Å². The van der Waals surface area contributed by atoms with Gasteiger partial charge in [-0.15, -0.1) is 0 Å². The molecule has 0 spiro atoms. The molecule has 2 aromatic rings. The van der Waals surface area contributed by atoms with Crippen LogP contribution in [-0.2, 0) is 11.3 Å². The van der Waals surface area contributed by atoms with Crippen molar-refractivity contribution in [1.82, 2.24) is 0 Å². The Balaban J connectivity index is 2.08. The summed E-state index contributed by atoms with van der Waals surface area (Å²) < 4.78 is 9.71. The van der Waals surface area contributed by atoms with Gasteiger partial charge in [0.2, 0.25) is 5.76 Å². The lowest BCUT2D eigenvalue weighted by Crippen LogP contribution is -2.06. The maximum atomic E-state index is 11.4. The van der Waals surface area contributed by atoms with Crippen LogP contribution in [0.4, 0.5) is 5.69 Å². The average molecular weight is 300 g/mol. The van der Waals surface area contributed by atoms with Crippen molar-refractivity contribution in [3.8, 4) is 0 Å². The Morgan fingerprint density at radius 2 is 2.11 bits per heavy atom. The van der Waals surface area contributed by atoms with E-state index in [-0.39, 0.29) is 5.76 Å². The number of carbonyl (C=O) groups excluding carboxylic acids is 1. The maximum Gasteiger partial charge on any atom is 0.374 e. The molecule has 0 bridgehead atoms. The van der Waals surface area contributed by atoms with Crippen LogP contribution in [0.1, 0.15) is 16.1 Å². The van der Waals surface area contributed by atoms with Gasteiger partial charge in [0.15, 0.2) is 0 Å². The van der Waals surface area contributed by atoms with Gasteiger partial charge >= 0.3 is 5.97 Å². The van der Waals surface area contributed by atoms with Gasteiger partial charge in [-0.3, -0.25) is 0 Å². The molecule has 1 aromatic carbocycles. The lowest BCUT2D eigenvalue weighted by Gasteiger charge is -2.07. The SMILES string of the molecule is COC(=O)c1occc1CNc1ccc(Cl)c(Cl)c1. The predicted octanol–water partition coefficient (Wildman–Crippen LogP) is 3.99. The van der Waals surface area contributed by atoms with Gasteiger partial charge < -0.3 is 14.5 Å². The van der Waals surface area contributed by atoms with Crippen LogP contribution in [-0.4, -0.2) is 13.1 Å². The molecule has 6 heteroatoms. The third kappa shape index (κ3) is 3.22. The summed E-state index contributed by atoms with van der Waals surface area (Å²) in [6.07, 6.45) is 1.44. The van der Waals surface area contributed by atoms with Crippen molar-refractivity contribution < 1.29 is 13.9 Å². The molecule has 0 aliphatic rings. The molecule has 4 nitrogen and oxygen atoms in total. The van der Waals surface area contributed by atoms with Gasteiger partial charge in [0.1, 0.15) is 0 Å². The minimum atomic E-state index is -0.504. The first-order valence-corrected chi connectivity index (χ1v) is 6.21. The summed E-state index contributed by atoms with van der Waals surface area (Å²) in [5.74, 6) is -0.314. The standard InChI is InChI=1S/C13H11Cl2NO3/c1-18-13(17)12-8(4-5-19-12)7-16-9-2-3-10(14)11(15)6-9/h2-6,16H,7H2,1H3. The first kappa shape index (κ1) is 13.8. The Bertz CT molecular complexity index is 595. The van der Waals surface area contributed by atoms with Gasteiger partial charge in [0.25, 0.3) is 0 Å². The van der Waals surface area contributed by atoms with Crippen LogP contribution in [0, 0.1) is 0 Å². The second-order valence-electron chi connectivity index (χ2n) is 3.75. The molecular formula is C13H11Cl2NO3. The van der Waals surface area contributed by atoms with Crippen molar-refractivity contribution in [3.63, 3.8) is 0 Å². The van der Waals surface area contributed by atoms with Gasteiger partial charge in [0.05, 0.1) is 23.4 Å². The number of methoxy groups -OCH3 is 1. The normalized spacial score (nSPS) is 10.3. The number of rotatable bonds is 4. The highest BCUT2D eigenvalue weighted by molar-refractivity contribution is 6.42. The topological polar surface area (TPSA) is 51.5 Å². The van der Waals surface area contributed by atoms with Gasteiger partial charge in [-0.05, 0) is 24.3 Å². The van der Waals surface area contributed by atoms with Gasteiger partial charge in [0, 0.05) is 17.8 Å². The molecule has 0 atom stereocenters. The molecule has 2 rings (SSSR count). The zero-order valence-electron chi connectivity index (χ0n) is 10.1. The van der Waals surface area contributed by atoms with Crippen molar-refractivity contribution in [2.75, 3.05) is 12.4 Å². The number of furan rings is 1. The van der Waals surface area contributed by atoms with Crippen molar-refractivity contribution in [1.29, 1.82) is 0 Å². The fourth-order valence-electron chi connectivity index (χ4n) is 1.55. The maximum absolute atomic E-state index is 11.4. The van der Waals surface area contributed by atoms with E-state index in [1.54, 1.807) is 24.3 Å². The van der Waals surface area contributed by atoms with E-state index in [0.29, 0.717) is 22.2 Å². The number of ether oxygens (including phenoxy) is 1. The van der Waals surface area contributed by atoms with Crippen LogP contribution in [0.15, 0.2) is 34.9 Å². The number of esters is 1. The number of halogens is 2. The largest absolute Gasteiger partial charge is 0.463 e. The van der Waals surface area contributed by atoms with Crippen molar-refractivity contribution in [3.05, 3.63) is 51.9 Å². The van der Waals surface area contributed by atoms with Crippen LogP contribution in [0.25, 0.3) is 0 Å². The number of nitrogens with one attached hydrogen (secondary N) is 1. The summed E-state index contributed by atoms with van der Waals surface area (Å²) in [7, 11) is 1.31. The highest BCUT2D eigenvalue weighted by Crippen LogP contribution is 2.25. The highest BCUT2D eigenvalue weighted by Gasteiger charge is 2.15. The lowest BCUT2D eigenvalue weighted by molar-refractivity contribution is 0.0563. The first-order chi connectivity index (χ1) is 9.11. The Hall–Kier alpha value is -1.65. The smallest absolute Gasteiger partial charge is 0.374 e. The number of carbonyl (C=O) groups is 1. The molecule has 0 amide bonds. The highest BCUT2D eigenvalue weighted by atomic mass is 35.5. The van der Waals surface area contributed by atoms with E-state index in [9.17, 15) is 4.79 Å². The molecule has 0 aliphatic heterocycles. The van der Waals surface area contributed by atoms with Crippen LogP contribution >= 0.6 is 23.2 Å². The molecule has 100 valence electrons. The van der Waals surface area contributed by atoms with E-state index in [4.69, 9.17) is 27.6 Å². The summed E-state index contributed by atoms with van der Waals surface area (Å²) in [5, 5.41) is 4.08. The minimum Gasteiger partial charge on any atom is -0.463 e. The number of hydrogen-bond acceptors (Lipinski definition) is 4. The van der Waals surface area contributed by atoms with Gasteiger partial charge in [-0.2, -0.15) is 0 Å². The molecule has 0 aliphatic carbocycles. The van der Waals surface area contributed by atoms with E-state index in [2.05, 4.69) is 10.1 Å². The summed E-state index contributed by atoms with van der Waals surface area (Å²) in [5.41, 5.74) is 1.50. The third-order valence-electron chi connectivity index (χ3n) is 2.52. The Morgan fingerprint density at radius 3 is 2.79 bits per heavy atom. The Morgan fingerprint density at radius 1 is 1.32 bits per heavy atom. The van der Waals surface area contributed by atoms with E-state index < -0.39 is 5.97 Å². The molecule has 0 saturated heterocycles. The first-order valence-electron chi connectivity index (χ1n) is 5.45. The van der Waals surface area contributed by atoms with Crippen LogP contribution in [0.5, 0.6) is 0 Å². The zero-order valence-corrected chi connectivity index (χ0v) is 11.6. The van der Waals surface area contributed by atoms with Crippen molar-refractivity contribution >= 4 is 34.9 Å². The van der Waals surface area contributed by atoms with Gasteiger partial charge in [-0.25, -0.2) is 4.79 Å². The molecule has 0 radical (unpaired) electrons. The van der Waals surface area contributed by atoms with E-state index in [0.717, 1.165) is 5.69 Å². The molecule has 0 unspecified atom stereocenters. The monoisotopic (exact) mass is 299 g/mol. The van der Waals surface area contributed by atoms with Crippen molar-refractivity contribution in [2.24, 2.45) is 0 Å². The fraction of sp³-hybridized carbons (Fsp3) is 0.154. The quantitative estimate of drug-likeness (QED) is 0.868. The minimum absolute atomic E-state index is 0.190. The third-order valence-corrected chi connectivity index (χ3v) is 3.26. The second kappa shape index (κ2) is 5.99. The summed E-state index contributed by atoms with van der Waals surface area (Å²) >= 11 is 11.7. The fourth-order valence-corrected chi connectivity index (χ4v) is 1.85. The molecule has 0 fully saturated rings. The van der Waals surface area contributed by atoms with E-state index in [1.165, 1.54) is 13.4 Å². The van der Waals surface area contributed by atoms with E-state index >= 15 is 0 Å². The molecule has 0 saturated carbocycles. The van der Waals surface area contributed by atoms with Crippen LogP contribution < -0.4 is 5.32 Å². The molecule has 1 aromatic heterocycles. The molecular weight excluding hydrogens is 289 g/mol. The number of anilines is 1. The summed E-state index contributed by atoms with van der Waals surface area (Å²) in [6.45, 7) is 0.416. The molecule has 19 heavy (non-hydrogen) atoms.